The predicted molar refractivity (Wildman–Crippen MR) is 156 cm³/mol. The number of halogens is 1. The van der Waals surface area contributed by atoms with Crippen molar-refractivity contribution < 1.29 is 18.7 Å². The summed E-state index contributed by atoms with van der Waals surface area (Å²) < 4.78 is 12.0. The van der Waals surface area contributed by atoms with Gasteiger partial charge in [-0.05, 0) is 86.2 Å². The van der Waals surface area contributed by atoms with E-state index in [9.17, 15) is 9.59 Å². The minimum Gasteiger partial charge on any atom is -0.460 e. The second-order valence-electron chi connectivity index (χ2n) is 10.9. The Balaban J connectivity index is 1.41. The quantitative estimate of drug-likeness (QED) is 0.147. The molecule has 0 radical (unpaired) electrons. The summed E-state index contributed by atoms with van der Waals surface area (Å²) in [4.78, 5) is 28.7. The first-order chi connectivity index (χ1) is 17.7. The Labute approximate surface area is 235 Å². The van der Waals surface area contributed by atoms with Crippen LogP contribution in [0.2, 0.25) is 0 Å². The Hall–Kier alpha value is -2.16. The van der Waals surface area contributed by atoms with Crippen molar-refractivity contribution in [3.63, 3.8) is 0 Å². The molecular formula is C30H41IN2O4. The SMILES string of the molecule is CC(C)(C)OC(=O)CCC/C=C(/I)c1ccc(-c2nc(C(=O)NCCCCC3CCCCC3)co2)cc1. The van der Waals surface area contributed by atoms with Crippen LogP contribution in [-0.4, -0.2) is 29.0 Å². The maximum Gasteiger partial charge on any atom is 0.306 e. The molecule has 1 saturated carbocycles. The number of carbonyl (C=O) groups is 2. The molecule has 1 aliphatic carbocycles. The molecule has 3 rings (SSSR count). The first-order valence-corrected chi connectivity index (χ1v) is 14.7. The second kappa shape index (κ2) is 14.7. The summed E-state index contributed by atoms with van der Waals surface area (Å²) in [5.41, 5.74) is 1.78. The third-order valence-electron chi connectivity index (χ3n) is 6.52. The third kappa shape index (κ3) is 10.6. The van der Waals surface area contributed by atoms with Gasteiger partial charge in [0.2, 0.25) is 5.89 Å². The minimum absolute atomic E-state index is 0.158. The number of rotatable bonds is 12. The summed E-state index contributed by atoms with van der Waals surface area (Å²) in [6.45, 7) is 6.31. The maximum atomic E-state index is 12.5. The number of amides is 1. The number of nitrogens with zero attached hydrogens (tertiary/aromatic N) is 1. The standard InChI is InChI=1S/C30H41IN2O4/c1-30(2,3)37-27(34)15-8-7-14-25(31)23-16-18-24(19-17-23)29-33-26(21-36-29)28(35)32-20-10-9-13-22-11-5-4-6-12-22/h14,16-19,21-22H,4-13,15,20H2,1-3H3,(H,32,35)/b25-14+. The number of aromatic nitrogens is 1. The van der Waals surface area contributed by atoms with Crippen molar-refractivity contribution in [2.45, 2.75) is 97.0 Å². The number of hydrogen-bond donors (Lipinski definition) is 1. The first-order valence-electron chi connectivity index (χ1n) is 13.6. The van der Waals surface area contributed by atoms with Crippen LogP contribution in [0.4, 0.5) is 0 Å². The van der Waals surface area contributed by atoms with Crippen LogP contribution in [0.1, 0.15) is 107 Å². The molecule has 1 fully saturated rings. The molecule has 37 heavy (non-hydrogen) atoms. The molecule has 1 N–H and O–H groups in total. The molecule has 6 nitrogen and oxygen atoms in total. The molecule has 1 amide bonds. The van der Waals surface area contributed by atoms with Crippen LogP contribution >= 0.6 is 22.6 Å². The van der Waals surface area contributed by atoms with Crippen LogP contribution in [0.5, 0.6) is 0 Å². The lowest BCUT2D eigenvalue weighted by molar-refractivity contribution is -0.154. The van der Waals surface area contributed by atoms with E-state index < -0.39 is 5.60 Å². The molecule has 2 aromatic rings. The van der Waals surface area contributed by atoms with Gasteiger partial charge in [-0.1, -0.05) is 63.2 Å². The van der Waals surface area contributed by atoms with Crippen molar-refractivity contribution >= 4 is 38.0 Å². The topological polar surface area (TPSA) is 81.4 Å². The summed E-state index contributed by atoms with van der Waals surface area (Å²) in [6.07, 6.45) is 15.9. The summed E-state index contributed by atoms with van der Waals surface area (Å²) in [5.74, 6) is 0.976. The lowest BCUT2D eigenvalue weighted by Gasteiger charge is -2.21. The van der Waals surface area contributed by atoms with Crippen LogP contribution in [0, 0.1) is 5.92 Å². The molecule has 0 spiro atoms. The van der Waals surface area contributed by atoms with Gasteiger partial charge < -0.3 is 14.5 Å². The van der Waals surface area contributed by atoms with Gasteiger partial charge >= 0.3 is 5.97 Å². The number of nitrogens with one attached hydrogen (secondary N) is 1. The van der Waals surface area contributed by atoms with Crippen molar-refractivity contribution in [2.75, 3.05) is 6.54 Å². The van der Waals surface area contributed by atoms with E-state index in [0.29, 0.717) is 24.6 Å². The minimum atomic E-state index is -0.440. The third-order valence-corrected chi connectivity index (χ3v) is 7.59. The van der Waals surface area contributed by atoms with Crippen molar-refractivity contribution in [3.8, 4) is 11.5 Å². The molecule has 0 aliphatic heterocycles. The van der Waals surface area contributed by atoms with Gasteiger partial charge in [0.1, 0.15) is 11.9 Å². The molecule has 1 aromatic heterocycles. The normalized spacial score (nSPS) is 15.0. The maximum absolute atomic E-state index is 12.5. The fourth-order valence-corrected chi connectivity index (χ4v) is 5.27. The number of allylic oxidation sites excluding steroid dienone is 1. The summed E-state index contributed by atoms with van der Waals surface area (Å²) in [6, 6.07) is 7.91. The van der Waals surface area contributed by atoms with Crippen molar-refractivity contribution in [2.24, 2.45) is 5.92 Å². The number of hydrogen-bond acceptors (Lipinski definition) is 5. The molecule has 202 valence electrons. The van der Waals surface area contributed by atoms with Gasteiger partial charge in [-0.25, -0.2) is 4.98 Å². The van der Waals surface area contributed by atoms with Gasteiger partial charge in [-0.3, -0.25) is 9.59 Å². The molecule has 0 unspecified atom stereocenters. The number of oxazole rings is 1. The highest BCUT2D eigenvalue weighted by atomic mass is 127. The highest BCUT2D eigenvalue weighted by Crippen LogP contribution is 2.28. The van der Waals surface area contributed by atoms with E-state index in [2.05, 4.69) is 39.0 Å². The van der Waals surface area contributed by atoms with E-state index >= 15 is 0 Å². The lowest BCUT2D eigenvalue weighted by Crippen LogP contribution is -2.24. The fourth-order valence-electron chi connectivity index (χ4n) is 4.59. The van der Waals surface area contributed by atoms with Crippen molar-refractivity contribution in [3.05, 3.63) is 47.9 Å². The van der Waals surface area contributed by atoms with Crippen LogP contribution in [0.3, 0.4) is 0 Å². The van der Waals surface area contributed by atoms with Gasteiger partial charge in [-0.15, -0.1) is 0 Å². The van der Waals surface area contributed by atoms with Crippen molar-refractivity contribution in [1.29, 1.82) is 0 Å². The van der Waals surface area contributed by atoms with E-state index in [-0.39, 0.29) is 11.9 Å². The highest BCUT2D eigenvalue weighted by molar-refractivity contribution is 14.1. The average Bonchev–Trinajstić information content (AvgIpc) is 3.36. The number of benzene rings is 1. The van der Waals surface area contributed by atoms with Crippen LogP contribution in [0.25, 0.3) is 15.0 Å². The van der Waals surface area contributed by atoms with E-state index in [1.165, 1.54) is 51.2 Å². The van der Waals surface area contributed by atoms with Gasteiger partial charge in [0, 0.05) is 22.1 Å². The predicted octanol–water partition coefficient (Wildman–Crippen LogP) is 8.11. The van der Waals surface area contributed by atoms with E-state index in [1.54, 1.807) is 0 Å². The molecule has 1 aromatic carbocycles. The van der Waals surface area contributed by atoms with Crippen molar-refractivity contribution in [1.82, 2.24) is 10.3 Å². The van der Waals surface area contributed by atoms with Gasteiger partial charge in [0.15, 0.2) is 5.69 Å². The van der Waals surface area contributed by atoms with E-state index in [4.69, 9.17) is 9.15 Å². The van der Waals surface area contributed by atoms with Crippen LogP contribution in [-0.2, 0) is 9.53 Å². The Bertz CT molecular complexity index is 1030. The van der Waals surface area contributed by atoms with E-state index in [0.717, 1.165) is 39.9 Å². The molecule has 7 heteroatoms. The number of esters is 1. The highest BCUT2D eigenvalue weighted by Gasteiger charge is 2.16. The number of unbranched alkanes of at least 4 members (excludes halogenated alkanes) is 2. The molecule has 0 atom stereocenters. The van der Waals surface area contributed by atoms with E-state index in [1.807, 2.05) is 45.0 Å². The number of carbonyl (C=O) groups excluding carboxylic acids is 2. The largest absolute Gasteiger partial charge is 0.460 e. The molecule has 1 heterocycles. The number of ether oxygens (including phenoxy) is 1. The smallest absolute Gasteiger partial charge is 0.306 e. The monoisotopic (exact) mass is 620 g/mol. The van der Waals surface area contributed by atoms with Gasteiger partial charge in [0.25, 0.3) is 5.91 Å². The average molecular weight is 621 g/mol. The Morgan fingerprint density at radius 1 is 1.11 bits per heavy atom. The van der Waals surface area contributed by atoms with Crippen LogP contribution < -0.4 is 5.32 Å². The summed E-state index contributed by atoms with van der Waals surface area (Å²) >= 11 is 2.31. The zero-order chi connectivity index (χ0) is 26.7. The molecule has 1 aliphatic rings. The molecule has 0 saturated heterocycles. The fraction of sp³-hybridized carbons (Fsp3) is 0.567. The van der Waals surface area contributed by atoms with Gasteiger partial charge in [-0.2, -0.15) is 0 Å². The molecule has 0 bridgehead atoms. The lowest BCUT2D eigenvalue weighted by atomic mass is 9.86. The van der Waals surface area contributed by atoms with Crippen LogP contribution in [0.15, 0.2) is 41.0 Å². The Morgan fingerprint density at radius 3 is 2.54 bits per heavy atom. The summed E-state index contributed by atoms with van der Waals surface area (Å²) in [7, 11) is 0. The molecular weight excluding hydrogens is 579 g/mol. The second-order valence-corrected chi connectivity index (χ2v) is 12.1. The zero-order valence-corrected chi connectivity index (χ0v) is 24.6. The Kier molecular flexibility index (Phi) is 11.7. The summed E-state index contributed by atoms with van der Waals surface area (Å²) in [5, 5.41) is 2.97. The van der Waals surface area contributed by atoms with Gasteiger partial charge in [0.05, 0.1) is 0 Å². The zero-order valence-electron chi connectivity index (χ0n) is 22.5. The Morgan fingerprint density at radius 2 is 1.84 bits per heavy atom. The first kappa shape index (κ1) is 29.4.